The Bertz CT molecular complexity index is 1050. The van der Waals surface area contributed by atoms with Crippen molar-refractivity contribution in [3.05, 3.63) is 34.4 Å². The molecule has 2 aliphatic heterocycles. The van der Waals surface area contributed by atoms with Crippen LogP contribution in [0.15, 0.2) is 23.8 Å². The van der Waals surface area contributed by atoms with E-state index in [0.717, 1.165) is 17.4 Å². The fraction of sp³-hybridized carbons (Fsp3) is 0.615. The molecule has 0 aromatic carbocycles. The number of nitrogens with zero attached hydrogens (tertiary/aromatic N) is 4. The molecule has 0 bridgehead atoms. The molecular weight excluding hydrogens is 414 g/mol. The van der Waals surface area contributed by atoms with Gasteiger partial charge >= 0.3 is 0 Å². The summed E-state index contributed by atoms with van der Waals surface area (Å²) in [6.45, 7) is 5.01. The van der Waals surface area contributed by atoms with Crippen LogP contribution in [-0.4, -0.2) is 64.0 Å². The van der Waals surface area contributed by atoms with Crippen molar-refractivity contribution in [2.24, 2.45) is 0 Å². The first-order valence-electron chi connectivity index (χ1n) is 12.6. The van der Waals surface area contributed by atoms with Gasteiger partial charge in [0.2, 0.25) is 0 Å². The molecule has 1 N–H and O–H groups in total. The van der Waals surface area contributed by atoms with E-state index in [2.05, 4.69) is 45.7 Å². The molecule has 6 heteroatoms. The van der Waals surface area contributed by atoms with Gasteiger partial charge in [-0.05, 0) is 102 Å². The van der Waals surface area contributed by atoms with Crippen molar-refractivity contribution in [1.29, 1.82) is 0 Å². The second-order valence-corrected chi connectivity index (χ2v) is 11.2. The fourth-order valence-electron chi connectivity index (χ4n) is 6.19. The predicted molar refractivity (Wildman–Crippen MR) is 132 cm³/mol. The smallest absolute Gasteiger partial charge is 0.137 e. The first kappa shape index (κ1) is 20.8. The number of rotatable bonds is 4. The number of pyridine rings is 1. The molecule has 0 spiro atoms. The highest BCUT2D eigenvalue weighted by atomic mass is 32.1. The van der Waals surface area contributed by atoms with Crippen molar-refractivity contribution in [3.63, 3.8) is 0 Å². The third-order valence-corrected chi connectivity index (χ3v) is 9.25. The molecule has 3 fully saturated rings. The fourth-order valence-corrected chi connectivity index (χ4v) is 7.18. The highest BCUT2D eigenvalue weighted by Gasteiger charge is 2.28. The first-order valence-corrected chi connectivity index (χ1v) is 13.5. The van der Waals surface area contributed by atoms with E-state index >= 15 is 0 Å². The van der Waals surface area contributed by atoms with Crippen molar-refractivity contribution in [2.75, 3.05) is 33.2 Å². The van der Waals surface area contributed by atoms with E-state index in [4.69, 9.17) is 9.97 Å². The quantitative estimate of drug-likeness (QED) is 0.562. The van der Waals surface area contributed by atoms with Crippen LogP contribution in [0.3, 0.4) is 0 Å². The van der Waals surface area contributed by atoms with Crippen LogP contribution < -0.4 is 0 Å². The van der Waals surface area contributed by atoms with Crippen molar-refractivity contribution < 1.29 is 0 Å². The highest BCUT2D eigenvalue weighted by Crippen LogP contribution is 2.39. The van der Waals surface area contributed by atoms with Gasteiger partial charge in [-0.15, -0.1) is 11.3 Å². The lowest BCUT2D eigenvalue weighted by Crippen LogP contribution is -2.35. The van der Waals surface area contributed by atoms with Gasteiger partial charge in [-0.2, -0.15) is 0 Å². The molecule has 170 valence electrons. The summed E-state index contributed by atoms with van der Waals surface area (Å²) in [5, 5.41) is 4.81. The van der Waals surface area contributed by atoms with Gasteiger partial charge in [-0.3, -0.25) is 0 Å². The van der Waals surface area contributed by atoms with Gasteiger partial charge in [0.25, 0.3) is 0 Å². The minimum Gasteiger partial charge on any atom is -0.345 e. The minimum atomic E-state index is 0.620. The van der Waals surface area contributed by atoms with E-state index in [1.807, 2.05) is 11.3 Å². The van der Waals surface area contributed by atoms with E-state index in [9.17, 15) is 0 Å². The standard InChI is InChI=1S/C26H35N5S/c1-30-12-8-19(9-13-30)26-29-24(17-32-26)23-16-28-25-22(23)14-20(15-27-25)18-4-6-21(7-5-18)31-10-2-3-11-31/h14-19,21H,2-13H2,1H3,(H,27,28)/t18-,21-. The maximum absolute atomic E-state index is 5.09. The number of likely N-dealkylation sites (tertiary alicyclic amines) is 2. The summed E-state index contributed by atoms with van der Waals surface area (Å²) in [4.78, 5) is 18.5. The molecule has 5 heterocycles. The number of piperidine rings is 1. The summed E-state index contributed by atoms with van der Waals surface area (Å²) < 4.78 is 0. The molecule has 1 aliphatic carbocycles. The van der Waals surface area contributed by atoms with Crippen LogP contribution in [0.1, 0.15) is 73.8 Å². The lowest BCUT2D eigenvalue weighted by molar-refractivity contribution is 0.182. The lowest BCUT2D eigenvalue weighted by Gasteiger charge is -2.34. The Morgan fingerprint density at radius 1 is 0.969 bits per heavy atom. The summed E-state index contributed by atoms with van der Waals surface area (Å²) in [7, 11) is 2.22. The summed E-state index contributed by atoms with van der Waals surface area (Å²) >= 11 is 1.84. The Labute approximate surface area is 195 Å². The molecule has 3 aromatic heterocycles. The second kappa shape index (κ2) is 8.88. The van der Waals surface area contributed by atoms with Gasteiger partial charge in [0.15, 0.2) is 0 Å². The summed E-state index contributed by atoms with van der Waals surface area (Å²) in [6, 6.07) is 3.23. The molecule has 3 aromatic rings. The van der Waals surface area contributed by atoms with Gasteiger partial charge in [-0.25, -0.2) is 9.97 Å². The minimum absolute atomic E-state index is 0.620. The molecule has 0 amide bonds. The summed E-state index contributed by atoms with van der Waals surface area (Å²) in [5.74, 6) is 1.27. The van der Waals surface area contributed by atoms with Crippen LogP contribution in [0, 0.1) is 0 Å². The zero-order chi connectivity index (χ0) is 21.5. The summed E-state index contributed by atoms with van der Waals surface area (Å²) in [6.07, 6.45) is 14.7. The molecule has 32 heavy (non-hydrogen) atoms. The topological polar surface area (TPSA) is 48.1 Å². The molecular formula is C26H35N5S. The van der Waals surface area contributed by atoms with Crippen molar-refractivity contribution in [3.8, 4) is 11.3 Å². The van der Waals surface area contributed by atoms with E-state index < -0.39 is 0 Å². The van der Waals surface area contributed by atoms with E-state index in [-0.39, 0.29) is 0 Å². The second-order valence-electron chi connectivity index (χ2n) is 10.3. The Morgan fingerprint density at radius 3 is 2.53 bits per heavy atom. The number of aromatic nitrogens is 3. The molecule has 0 unspecified atom stereocenters. The van der Waals surface area contributed by atoms with Crippen LogP contribution in [0.2, 0.25) is 0 Å². The van der Waals surface area contributed by atoms with Gasteiger partial charge in [-0.1, -0.05) is 0 Å². The van der Waals surface area contributed by atoms with E-state index in [1.165, 1.54) is 99.1 Å². The van der Waals surface area contributed by atoms with Crippen molar-refractivity contribution >= 4 is 22.4 Å². The number of fused-ring (bicyclic) bond motifs is 1. The van der Waals surface area contributed by atoms with Gasteiger partial charge < -0.3 is 14.8 Å². The normalized spacial score (nSPS) is 26.3. The van der Waals surface area contributed by atoms with Crippen LogP contribution >= 0.6 is 11.3 Å². The molecule has 0 atom stereocenters. The van der Waals surface area contributed by atoms with Gasteiger partial charge in [0, 0.05) is 40.7 Å². The molecule has 0 radical (unpaired) electrons. The van der Waals surface area contributed by atoms with Crippen molar-refractivity contribution in [2.45, 2.75) is 69.2 Å². The average molecular weight is 450 g/mol. The number of nitrogens with one attached hydrogen (secondary N) is 1. The van der Waals surface area contributed by atoms with Crippen LogP contribution in [0.4, 0.5) is 0 Å². The van der Waals surface area contributed by atoms with Crippen LogP contribution in [0.25, 0.3) is 22.3 Å². The zero-order valence-electron chi connectivity index (χ0n) is 19.2. The maximum atomic E-state index is 5.09. The first-order chi connectivity index (χ1) is 15.7. The van der Waals surface area contributed by atoms with Crippen LogP contribution in [0.5, 0.6) is 0 Å². The van der Waals surface area contributed by atoms with Gasteiger partial charge in [0.05, 0.1) is 10.7 Å². The number of thiazole rings is 1. The Hall–Kier alpha value is -1.76. The predicted octanol–water partition coefficient (Wildman–Crippen LogP) is 5.62. The Kier molecular flexibility index (Phi) is 5.78. The highest BCUT2D eigenvalue weighted by molar-refractivity contribution is 7.10. The maximum Gasteiger partial charge on any atom is 0.137 e. The summed E-state index contributed by atoms with van der Waals surface area (Å²) in [5.41, 5.74) is 4.75. The third kappa shape index (κ3) is 4.02. The average Bonchev–Trinajstić information content (AvgIpc) is 3.60. The van der Waals surface area contributed by atoms with E-state index in [0.29, 0.717) is 11.8 Å². The monoisotopic (exact) mass is 449 g/mol. The number of aromatic amines is 1. The van der Waals surface area contributed by atoms with Crippen molar-refractivity contribution in [1.82, 2.24) is 24.8 Å². The van der Waals surface area contributed by atoms with Crippen LogP contribution in [-0.2, 0) is 0 Å². The molecule has 6 rings (SSSR count). The SMILES string of the molecule is CN1CCC(c2nc(-c3c[nH]c4ncc([C@H]5CC[C@H](N6CCCC6)CC5)cc34)cs2)CC1. The number of hydrogen-bond acceptors (Lipinski definition) is 5. The van der Waals surface area contributed by atoms with Gasteiger partial charge in [0.1, 0.15) is 5.65 Å². The Morgan fingerprint density at radius 2 is 1.75 bits per heavy atom. The number of hydrogen-bond donors (Lipinski definition) is 1. The number of H-pyrrole nitrogens is 1. The largest absolute Gasteiger partial charge is 0.345 e. The van der Waals surface area contributed by atoms with E-state index in [1.54, 1.807) is 0 Å². The molecule has 2 saturated heterocycles. The molecule has 5 nitrogen and oxygen atoms in total. The third-order valence-electron chi connectivity index (χ3n) is 8.24. The zero-order valence-corrected chi connectivity index (χ0v) is 20.0. The molecule has 3 aliphatic rings. The Balaban J connectivity index is 1.20. The molecule has 1 saturated carbocycles. The lowest BCUT2D eigenvalue weighted by atomic mass is 9.81.